The lowest BCUT2D eigenvalue weighted by Crippen LogP contribution is -2.12. The van der Waals surface area contributed by atoms with Crippen molar-refractivity contribution in [2.24, 2.45) is 0 Å². The molecule has 1 N–H and O–H groups in total. The molecule has 2 aromatic rings. The fourth-order valence-electron chi connectivity index (χ4n) is 1.46. The van der Waals surface area contributed by atoms with Crippen molar-refractivity contribution in [3.8, 4) is 5.69 Å². The van der Waals surface area contributed by atoms with Crippen LogP contribution in [0.25, 0.3) is 5.69 Å². The van der Waals surface area contributed by atoms with E-state index in [1.165, 1.54) is 6.33 Å². The Morgan fingerprint density at radius 2 is 2.35 bits per heavy atom. The van der Waals surface area contributed by atoms with Crippen molar-refractivity contribution in [3.05, 3.63) is 30.1 Å². The van der Waals surface area contributed by atoms with Crippen molar-refractivity contribution < 1.29 is 4.79 Å². The molecule has 1 amide bonds. The zero-order valence-electron chi connectivity index (χ0n) is 9.09. The number of benzene rings is 1. The van der Waals surface area contributed by atoms with Gasteiger partial charge in [0, 0.05) is 5.69 Å². The Hall–Kier alpha value is -1.95. The quantitative estimate of drug-likeness (QED) is 0.831. The molecule has 0 aliphatic rings. The third-order valence-corrected chi connectivity index (χ3v) is 2.44. The van der Waals surface area contributed by atoms with Crippen molar-refractivity contribution in [1.82, 2.24) is 20.2 Å². The lowest BCUT2D eigenvalue weighted by atomic mass is 10.2. The number of anilines is 1. The highest BCUT2D eigenvalue weighted by Crippen LogP contribution is 2.17. The van der Waals surface area contributed by atoms with E-state index < -0.39 is 0 Å². The van der Waals surface area contributed by atoms with E-state index in [2.05, 4.69) is 20.8 Å². The Bertz CT molecular complexity index is 525. The molecule has 0 bridgehead atoms. The minimum absolute atomic E-state index is 0.0617. The van der Waals surface area contributed by atoms with Crippen LogP contribution >= 0.6 is 11.6 Å². The van der Waals surface area contributed by atoms with Gasteiger partial charge in [0.05, 0.1) is 5.69 Å². The van der Waals surface area contributed by atoms with Gasteiger partial charge in [-0.3, -0.25) is 4.79 Å². The largest absolute Gasteiger partial charge is 0.325 e. The predicted molar refractivity (Wildman–Crippen MR) is 63.2 cm³/mol. The maximum atomic E-state index is 11.1. The van der Waals surface area contributed by atoms with Crippen LogP contribution in [0.5, 0.6) is 0 Å². The third kappa shape index (κ3) is 2.59. The van der Waals surface area contributed by atoms with Gasteiger partial charge in [-0.25, -0.2) is 4.68 Å². The molecular weight excluding hydrogens is 242 g/mol. The molecule has 0 saturated heterocycles. The first-order valence-corrected chi connectivity index (χ1v) is 5.44. The predicted octanol–water partition coefficient (Wildman–Crippen LogP) is 1.15. The van der Waals surface area contributed by atoms with Crippen LogP contribution in [0.2, 0.25) is 0 Å². The SMILES string of the molecule is Cc1cc(NC(=O)CCl)ccc1-n1cnnn1. The summed E-state index contributed by atoms with van der Waals surface area (Å²) in [5, 5.41) is 13.6. The van der Waals surface area contributed by atoms with E-state index in [-0.39, 0.29) is 11.8 Å². The van der Waals surface area contributed by atoms with Crippen LogP contribution in [0.1, 0.15) is 5.56 Å². The van der Waals surface area contributed by atoms with Gasteiger partial charge in [0.1, 0.15) is 12.2 Å². The van der Waals surface area contributed by atoms with Crippen molar-refractivity contribution in [1.29, 1.82) is 0 Å². The van der Waals surface area contributed by atoms with E-state index in [1.54, 1.807) is 10.7 Å². The zero-order valence-corrected chi connectivity index (χ0v) is 9.85. The van der Waals surface area contributed by atoms with Crippen LogP contribution in [0.4, 0.5) is 5.69 Å². The molecule has 0 aliphatic heterocycles. The number of tetrazole rings is 1. The number of aromatic nitrogens is 4. The number of halogens is 1. The normalized spacial score (nSPS) is 10.2. The molecule has 88 valence electrons. The van der Waals surface area contributed by atoms with Crippen LogP contribution in [-0.4, -0.2) is 32.0 Å². The van der Waals surface area contributed by atoms with Crippen molar-refractivity contribution in [3.63, 3.8) is 0 Å². The van der Waals surface area contributed by atoms with Gasteiger partial charge in [0.15, 0.2) is 0 Å². The number of carbonyl (C=O) groups excluding carboxylic acids is 1. The minimum Gasteiger partial charge on any atom is -0.325 e. The third-order valence-electron chi connectivity index (χ3n) is 2.20. The molecule has 0 unspecified atom stereocenters. The van der Waals surface area contributed by atoms with Crippen LogP contribution < -0.4 is 5.32 Å². The monoisotopic (exact) mass is 251 g/mol. The summed E-state index contributed by atoms with van der Waals surface area (Å²) >= 11 is 5.41. The lowest BCUT2D eigenvalue weighted by molar-refractivity contribution is -0.113. The zero-order chi connectivity index (χ0) is 12.3. The van der Waals surface area contributed by atoms with E-state index in [0.29, 0.717) is 5.69 Å². The molecule has 0 aliphatic carbocycles. The van der Waals surface area contributed by atoms with Crippen molar-refractivity contribution >= 4 is 23.2 Å². The first kappa shape index (κ1) is 11.5. The summed E-state index contributed by atoms with van der Waals surface area (Å²) in [6.45, 7) is 1.91. The molecule has 1 heterocycles. The summed E-state index contributed by atoms with van der Waals surface area (Å²) in [4.78, 5) is 11.1. The van der Waals surface area contributed by atoms with E-state index in [4.69, 9.17) is 11.6 Å². The smallest absolute Gasteiger partial charge is 0.239 e. The molecule has 1 aromatic carbocycles. The molecular formula is C10H10ClN5O. The van der Waals surface area contributed by atoms with Crippen LogP contribution in [0.15, 0.2) is 24.5 Å². The summed E-state index contributed by atoms with van der Waals surface area (Å²) in [5.74, 6) is -0.297. The maximum Gasteiger partial charge on any atom is 0.239 e. The maximum absolute atomic E-state index is 11.1. The van der Waals surface area contributed by atoms with E-state index in [0.717, 1.165) is 11.3 Å². The molecule has 17 heavy (non-hydrogen) atoms. The molecule has 6 nitrogen and oxygen atoms in total. The molecule has 0 atom stereocenters. The highest BCUT2D eigenvalue weighted by molar-refractivity contribution is 6.29. The standard InChI is InChI=1S/C10H10ClN5O/c1-7-4-8(13-10(17)5-11)2-3-9(7)16-6-12-14-15-16/h2-4,6H,5H2,1H3,(H,13,17). The van der Waals surface area contributed by atoms with Gasteiger partial charge < -0.3 is 5.32 Å². The summed E-state index contributed by atoms with van der Waals surface area (Å²) in [5.41, 5.74) is 2.51. The Morgan fingerprint density at radius 1 is 1.53 bits per heavy atom. The number of hydrogen-bond acceptors (Lipinski definition) is 4. The van der Waals surface area contributed by atoms with E-state index >= 15 is 0 Å². The average molecular weight is 252 g/mol. The Kier molecular flexibility index (Phi) is 3.34. The summed E-state index contributed by atoms with van der Waals surface area (Å²) in [6, 6.07) is 5.44. The van der Waals surface area contributed by atoms with Crippen molar-refractivity contribution in [2.45, 2.75) is 6.92 Å². The second-order valence-corrected chi connectivity index (χ2v) is 3.70. The number of amides is 1. The molecule has 1 aromatic heterocycles. The van der Waals surface area contributed by atoms with Crippen LogP contribution in [-0.2, 0) is 4.79 Å². The molecule has 0 radical (unpaired) electrons. The highest BCUT2D eigenvalue weighted by Gasteiger charge is 2.05. The first-order valence-electron chi connectivity index (χ1n) is 4.90. The number of rotatable bonds is 3. The average Bonchev–Trinajstić information content (AvgIpc) is 2.82. The van der Waals surface area contributed by atoms with E-state index in [1.807, 2.05) is 19.1 Å². The van der Waals surface area contributed by atoms with Gasteiger partial charge >= 0.3 is 0 Å². The van der Waals surface area contributed by atoms with Gasteiger partial charge in [0.2, 0.25) is 5.91 Å². The first-order chi connectivity index (χ1) is 8.20. The highest BCUT2D eigenvalue weighted by atomic mass is 35.5. The summed E-state index contributed by atoms with van der Waals surface area (Å²) < 4.78 is 1.56. The summed E-state index contributed by atoms with van der Waals surface area (Å²) in [6.07, 6.45) is 1.51. The van der Waals surface area contributed by atoms with Crippen molar-refractivity contribution in [2.75, 3.05) is 11.2 Å². The molecule has 2 rings (SSSR count). The fourth-order valence-corrected chi connectivity index (χ4v) is 1.52. The molecule has 7 heteroatoms. The van der Waals surface area contributed by atoms with Gasteiger partial charge in [-0.2, -0.15) is 0 Å². The number of hydrogen-bond donors (Lipinski definition) is 1. The van der Waals surface area contributed by atoms with Gasteiger partial charge in [0.25, 0.3) is 0 Å². The number of alkyl halides is 1. The Balaban J connectivity index is 2.26. The number of nitrogens with one attached hydrogen (secondary N) is 1. The molecule has 0 saturated carbocycles. The second-order valence-electron chi connectivity index (χ2n) is 3.44. The Labute approximate surface area is 103 Å². The van der Waals surface area contributed by atoms with Gasteiger partial charge in [-0.05, 0) is 41.1 Å². The van der Waals surface area contributed by atoms with Gasteiger partial charge in [-0.1, -0.05) is 0 Å². The van der Waals surface area contributed by atoms with Gasteiger partial charge in [-0.15, -0.1) is 16.7 Å². The molecule has 0 spiro atoms. The number of aryl methyl sites for hydroxylation is 1. The fraction of sp³-hybridized carbons (Fsp3) is 0.200. The Morgan fingerprint density at radius 3 is 2.94 bits per heavy atom. The lowest BCUT2D eigenvalue weighted by Gasteiger charge is -2.08. The second kappa shape index (κ2) is 4.92. The minimum atomic E-state index is -0.235. The molecule has 0 fully saturated rings. The van der Waals surface area contributed by atoms with Crippen LogP contribution in [0.3, 0.4) is 0 Å². The summed E-state index contributed by atoms with van der Waals surface area (Å²) in [7, 11) is 0. The topological polar surface area (TPSA) is 72.7 Å². The number of carbonyl (C=O) groups is 1. The van der Waals surface area contributed by atoms with E-state index in [9.17, 15) is 4.79 Å². The number of nitrogens with zero attached hydrogens (tertiary/aromatic N) is 4. The van der Waals surface area contributed by atoms with Crippen LogP contribution in [0, 0.1) is 6.92 Å².